The molecule has 1 heterocycles. The van der Waals surface area contributed by atoms with E-state index in [0.29, 0.717) is 10.9 Å². The van der Waals surface area contributed by atoms with E-state index in [4.69, 9.17) is 10.7 Å². The Bertz CT molecular complexity index is 604. The minimum atomic E-state index is -3.59. The van der Waals surface area contributed by atoms with Gasteiger partial charge in [-0.3, -0.25) is 0 Å². The lowest BCUT2D eigenvalue weighted by molar-refractivity contribution is 0.609. The predicted molar refractivity (Wildman–Crippen MR) is 60.3 cm³/mol. The molecular formula is C9H6ClFO2S2. The molecule has 15 heavy (non-hydrogen) atoms. The SMILES string of the molecule is O=S(=O)(Cl)Cc1ccc2scc(F)c2c1. The van der Waals surface area contributed by atoms with Gasteiger partial charge in [-0.25, -0.2) is 12.8 Å². The van der Waals surface area contributed by atoms with E-state index in [1.54, 1.807) is 12.1 Å². The van der Waals surface area contributed by atoms with Crippen LogP contribution in [0.15, 0.2) is 23.6 Å². The molecule has 0 spiro atoms. The van der Waals surface area contributed by atoms with E-state index in [-0.39, 0.29) is 11.6 Å². The highest BCUT2D eigenvalue weighted by Gasteiger charge is 2.09. The van der Waals surface area contributed by atoms with Crippen molar-refractivity contribution in [3.05, 3.63) is 35.0 Å². The first-order valence-electron chi connectivity index (χ1n) is 4.04. The van der Waals surface area contributed by atoms with Gasteiger partial charge in [-0.2, -0.15) is 0 Å². The highest BCUT2D eigenvalue weighted by molar-refractivity contribution is 8.13. The first-order chi connectivity index (χ1) is 6.96. The molecule has 0 unspecified atom stereocenters. The first kappa shape index (κ1) is 10.9. The van der Waals surface area contributed by atoms with E-state index in [2.05, 4.69) is 0 Å². The number of rotatable bonds is 2. The molecule has 0 bridgehead atoms. The van der Waals surface area contributed by atoms with Crippen molar-refractivity contribution in [2.24, 2.45) is 0 Å². The normalized spacial score (nSPS) is 12.1. The van der Waals surface area contributed by atoms with Crippen LogP contribution in [-0.4, -0.2) is 8.42 Å². The summed E-state index contributed by atoms with van der Waals surface area (Å²) >= 11 is 1.28. The molecule has 0 aliphatic heterocycles. The number of benzene rings is 1. The second kappa shape index (κ2) is 3.73. The Balaban J connectivity index is 2.51. The molecule has 2 nitrogen and oxygen atoms in total. The van der Waals surface area contributed by atoms with Crippen molar-refractivity contribution >= 4 is 41.2 Å². The number of thiophene rings is 1. The van der Waals surface area contributed by atoms with Crippen LogP contribution in [0.2, 0.25) is 0 Å². The Morgan fingerprint density at radius 1 is 1.40 bits per heavy atom. The van der Waals surface area contributed by atoms with Crippen LogP contribution in [0.4, 0.5) is 4.39 Å². The van der Waals surface area contributed by atoms with Crippen LogP contribution in [0.3, 0.4) is 0 Å². The van der Waals surface area contributed by atoms with E-state index in [0.717, 1.165) is 4.70 Å². The molecule has 1 aromatic carbocycles. The molecule has 1 aromatic heterocycles. The number of fused-ring (bicyclic) bond motifs is 1. The van der Waals surface area contributed by atoms with Gasteiger partial charge >= 0.3 is 0 Å². The van der Waals surface area contributed by atoms with Crippen molar-refractivity contribution in [2.75, 3.05) is 0 Å². The zero-order valence-corrected chi connectivity index (χ0v) is 9.79. The fraction of sp³-hybridized carbons (Fsp3) is 0.111. The summed E-state index contributed by atoms with van der Waals surface area (Å²) < 4.78 is 35.7. The summed E-state index contributed by atoms with van der Waals surface area (Å²) in [7, 11) is 1.53. The van der Waals surface area contributed by atoms with Crippen LogP contribution in [-0.2, 0) is 14.8 Å². The molecule has 0 saturated heterocycles. The minimum Gasteiger partial charge on any atom is -0.212 e. The molecular weight excluding hydrogens is 259 g/mol. The smallest absolute Gasteiger partial charge is 0.212 e. The van der Waals surface area contributed by atoms with Crippen molar-refractivity contribution in [1.29, 1.82) is 0 Å². The van der Waals surface area contributed by atoms with Gasteiger partial charge in [0.2, 0.25) is 9.05 Å². The highest BCUT2D eigenvalue weighted by Crippen LogP contribution is 2.26. The van der Waals surface area contributed by atoms with Gasteiger partial charge in [0.15, 0.2) is 0 Å². The van der Waals surface area contributed by atoms with Crippen LogP contribution in [0.1, 0.15) is 5.56 Å². The fourth-order valence-corrected chi connectivity index (χ4v) is 3.08. The summed E-state index contributed by atoms with van der Waals surface area (Å²) in [6.07, 6.45) is 0. The van der Waals surface area contributed by atoms with Crippen LogP contribution in [0.5, 0.6) is 0 Å². The van der Waals surface area contributed by atoms with Crippen molar-refractivity contribution in [3.8, 4) is 0 Å². The zero-order valence-electron chi connectivity index (χ0n) is 7.41. The average Bonchev–Trinajstić information content (AvgIpc) is 2.45. The molecule has 0 fully saturated rings. The van der Waals surface area contributed by atoms with Gasteiger partial charge < -0.3 is 0 Å². The Morgan fingerprint density at radius 2 is 2.13 bits per heavy atom. The van der Waals surface area contributed by atoms with Crippen molar-refractivity contribution in [1.82, 2.24) is 0 Å². The minimum absolute atomic E-state index is 0.278. The number of halogens is 2. The van der Waals surface area contributed by atoms with E-state index in [1.165, 1.54) is 22.8 Å². The van der Waals surface area contributed by atoms with E-state index < -0.39 is 9.05 Å². The largest absolute Gasteiger partial charge is 0.236 e. The highest BCUT2D eigenvalue weighted by atomic mass is 35.7. The third kappa shape index (κ3) is 2.48. The van der Waals surface area contributed by atoms with Crippen LogP contribution in [0.25, 0.3) is 10.1 Å². The third-order valence-corrected chi connectivity index (χ3v) is 3.87. The lowest BCUT2D eigenvalue weighted by Gasteiger charge is -1.98. The second-order valence-corrected chi connectivity index (χ2v) is 6.79. The molecule has 6 heteroatoms. The van der Waals surface area contributed by atoms with Gasteiger partial charge in [-0.15, -0.1) is 11.3 Å². The maximum Gasteiger partial charge on any atom is 0.236 e. The maximum absolute atomic E-state index is 13.2. The molecule has 0 radical (unpaired) electrons. The monoisotopic (exact) mass is 264 g/mol. The number of hydrogen-bond donors (Lipinski definition) is 0. The Kier molecular flexibility index (Phi) is 2.70. The summed E-state index contributed by atoms with van der Waals surface area (Å²) in [5, 5.41) is 1.83. The molecule has 0 amide bonds. The van der Waals surface area contributed by atoms with E-state index in [1.807, 2.05) is 0 Å². The summed E-state index contributed by atoms with van der Waals surface area (Å²) in [5.74, 6) is -0.608. The zero-order chi connectivity index (χ0) is 11.1. The van der Waals surface area contributed by atoms with Crippen molar-refractivity contribution < 1.29 is 12.8 Å². The third-order valence-electron chi connectivity index (χ3n) is 1.93. The molecule has 0 aliphatic rings. The average molecular weight is 265 g/mol. The van der Waals surface area contributed by atoms with Crippen molar-refractivity contribution in [2.45, 2.75) is 5.75 Å². The second-order valence-electron chi connectivity index (χ2n) is 3.10. The van der Waals surface area contributed by atoms with Crippen molar-refractivity contribution in [3.63, 3.8) is 0 Å². The molecule has 0 atom stereocenters. The molecule has 2 aromatic rings. The summed E-state index contributed by atoms with van der Waals surface area (Å²) in [6.45, 7) is 0. The lowest BCUT2D eigenvalue weighted by atomic mass is 10.2. The van der Waals surface area contributed by atoms with E-state index in [9.17, 15) is 12.8 Å². The maximum atomic E-state index is 13.2. The van der Waals surface area contributed by atoms with Gasteiger partial charge in [0.1, 0.15) is 5.82 Å². The molecule has 0 N–H and O–H groups in total. The topological polar surface area (TPSA) is 34.1 Å². The standard InChI is InChI=1S/C9H6ClFO2S2/c10-15(12,13)5-6-1-2-9-7(3-6)8(11)4-14-9/h1-4H,5H2. The molecule has 0 aliphatic carbocycles. The Hall–Kier alpha value is -0.650. The Labute approximate surface area is 94.7 Å². The molecule has 80 valence electrons. The summed E-state index contributed by atoms with van der Waals surface area (Å²) in [5.41, 5.74) is 0.495. The van der Waals surface area contributed by atoms with Gasteiger partial charge in [0.05, 0.1) is 5.75 Å². The summed E-state index contributed by atoms with van der Waals surface area (Å²) in [4.78, 5) is 0. The quantitative estimate of drug-likeness (QED) is 0.781. The van der Waals surface area contributed by atoms with Gasteiger partial charge in [0.25, 0.3) is 0 Å². The summed E-state index contributed by atoms with van der Waals surface area (Å²) in [6, 6.07) is 4.85. The molecule has 2 rings (SSSR count). The number of hydrogen-bond acceptors (Lipinski definition) is 3. The lowest BCUT2D eigenvalue weighted by Crippen LogP contribution is -1.94. The fourth-order valence-electron chi connectivity index (χ4n) is 1.33. The van der Waals surface area contributed by atoms with Gasteiger partial charge in [-0.05, 0) is 17.7 Å². The van der Waals surface area contributed by atoms with Crippen LogP contribution >= 0.6 is 22.0 Å². The predicted octanol–water partition coefficient (Wildman–Crippen LogP) is 3.11. The van der Waals surface area contributed by atoms with Gasteiger partial charge in [0, 0.05) is 26.1 Å². The Morgan fingerprint density at radius 3 is 2.80 bits per heavy atom. The van der Waals surface area contributed by atoms with Gasteiger partial charge in [-0.1, -0.05) is 6.07 Å². The van der Waals surface area contributed by atoms with Crippen LogP contribution in [0, 0.1) is 5.82 Å². The van der Waals surface area contributed by atoms with Crippen LogP contribution < -0.4 is 0 Å². The molecule has 0 saturated carbocycles. The van der Waals surface area contributed by atoms with E-state index >= 15 is 0 Å². The first-order valence-corrected chi connectivity index (χ1v) is 7.39.